The van der Waals surface area contributed by atoms with Gasteiger partial charge in [-0.2, -0.15) is 0 Å². The molecule has 0 saturated heterocycles. The van der Waals surface area contributed by atoms with Gasteiger partial charge in [-0.1, -0.05) is 163 Å². The minimum Gasteiger partial charge on any atom is -0.489 e. The molecule has 0 spiro atoms. The molecule has 0 bridgehead atoms. The lowest BCUT2D eigenvalue weighted by Crippen LogP contribution is -2.29. The van der Waals surface area contributed by atoms with Crippen molar-refractivity contribution in [3.05, 3.63) is 228 Å². The molecule has 5 heteroatoms. The van der Waals surface area contributed by atoms with Gasteiger partial charge in [0, 0.05) is 39.4 Å². The zero-order valence-corrected chi connectivity index (χ0v) is 41.6. The molecular weight excluding hydrogens is 877 g/mol. The summed E-state index contributed by atoms with van der Waals surface area (Å²) in [5.41, 5.74) is 8.89. The molecule has 0 atom stereocenters. The van der Waals surface area contributed by atoms with Crippen LogP contribution in [0.3, 0.4) is 0 Å². The van der Waals surface area contributed by atoms with Gasteiger partial charge in [0.2, 0.25) is 0 Å². The highest BCUT2D eigenvalue weighted by Gasteiger charge is 2.27. The van der Waals surface area contributed by atoms with Crippen molar-refractivity contribution in [3.8, 4) is 44.9 Å². The minimum absolute atomic E-state index is 0.0275. The summed E-state index contributed by atoms with van der Waals surface area (Å²) < 4.78 is 115. The van der Waals surface area contributed by atoms with Crippen LogP contribution in [0.25, 0.3) is 61.0 Å². The van der Waals surface area contributed by atoms with Crippen LogP contribution in [0.4, 0.5) is 17.1 Å². The molecule has 8 aromatic carbocycles. The van der Waals surface area contributed by atoms with E-state index in [2.05, 4.69) is 132 Å². The van der Waals surface area contributed by atoms with Crippen LogP contribution in [0.1, 0.15) is 92.2 Å². The van der Waals surface area contributed by atoms with Crippen molar-refractivity contribution in [1.82, 2.24) is 9.55 Å². The fourth-order valence-corrected chi connectivity index (χ4v) is 9.85. The van der Waals surface area contributed by atoms with Crippen LogP contribution in [0.2, 0.25) is 0 Å². The second-order valence-corrected chi connectivity index (χ2v) is 20.7. The summed E-state index contributed by atoms with van der Waals surface area (Å²) in [7, 11) is 0. The van der Waals surface area contributed by atoms with Gasteiger partial charge in [0.1, 0.15) is 18.2 Å². The number of benzene rings is 8. The van der Waals surface area contributed by atoms with E-state index >= 15 is 0 Å². The summed E-state index contributed by atoms with van der Waals surface area (Å²) in [5, 5.41) is 2.20. The van der Waals surface area contributed by atoms with E-state index in [1.165, 1.54) is 5.56 Å². The number of aromatic nitrogens is 2. The third-order valence-corrected chi connectivity index (χ3v) is 13.8. The topological polar surface area (TPSA) is 33.5 Å². The lowest BCUT2D eigenvalue weighted by atomic mass is 9.81. The Bertz CT molecular complexity index is 4210. The Morgan fingerprint density at radius 2 is 1.39 bits per heavy atom. The summed E-state index contributed by atoms with van der Waals surface area (Å²) in [6.07, 6.45) is 2.49. The van der Waals surface area contributed by atoms with Crippen molar-refractivity contribution in [2.45, 2.75) is 78.7 Å². The molecule has 0 fully saturated rings. The fraction of sp³-hybridized carbons (Fsp3) is 0.209. The second kappa shape index (κ2) is 19.0. The number of ether oxygens (including phenoxy) is 1. The van der Waals surface area contributed by atoms with Gasteiger partial charge in [-0.3, -0.25) is 4.57 Å². The van der Waals surface area contributed by atoms with Crippen LogP contribution in [0.15, 0.2) is 200 Å². The largest absolute Gasteiger partial charge is 0.489 e. The van der Waals surface area contributed by atoms with Crippen molar-refractivity contribution in [3.63, 3.8) is 0 Å². The van der Waals surface area contributed by atoms with Gasteiger partial charge < -0.3 is 14.5 Å². The zero-order chi connectivity index (χ0) is 59.9. The summed E-state index contributed by atoms with van der Waals surface area (Å²) in [6, 6.07) is 41.8. The molecule has 1 aliphatic heterocycles. The second-order valence-electron chi connectivity index (χ2n) is 20.7. The first-order valence-corrected chi connectivity index (χ1v) is 24.6. The molecule has 2 aromatic heterocycles. The summed E-state index contributed by atoms with van der Waals surface area (Å²) in [4.78, 5) is 9.39. The lowest BCUT2D eigenvalue weighted by molar-refractivity contribution is 0.306. The Balaban J connectivity index is 0.891. The maximum Gasteiger partial charge on any atom is 0.137 e. The molecule has 0 saturated carbocycles. The normalized spacial score (nSPS) is 15.3. The highest BCUT2D eigenvalue weighted by molar-refractivity contribution is 6.10. The lowest BCUT2D eigenvalue weighted by Gasteiger charge is -2.25. The smallest absolute Gasteiger partial charge is 0.137 e. The highest BCUT2D eigenvalue weighted by atomic mass is 16.5. The third-order valence-electron chi connectivity index (χ3n) is 13.8. The summed E-state index contributed by atoms with van der Waals surface area (Å²) in [6.45, 7) is 11.0. The van der Waals surface area contributed by atoms with Gasteiger partial charge >= 0.3 is 0 Å². The Hall–Kier alpha value is -7.89. The number of nitrogens with zero attached hydrogens (tertiary/aromatic N) is 4. The van der Waals surface area contributed by atoms with Gasteiger partial charge in [-0.15, -0.1) is 0 Å². The van der Waals surface area contributed by atoms with Crippen molar-refractivity contribution in [1.29, 1.82) is 0 Å². The average Bonchev–Trinajstić information content (AvgIpc) is 3.98. The Morgan fingerprint density at radius 3 is 2.19 bits per heavy atom. The number of para-hydroxylation sites is 2. The Morgan fingerprint density at radius 1 is 0.611 bits per heavy atom. The van der Waals surface area contributed by atoms with Gasteiger partial charge in [-0.25, -0.2) is 4.98 Å². The van der Waals surface area contributed by atoms with Crippen LogP contribution in [-0.4, -0.2) is 22.8 Å². The van der Waals surface area contributed by atoms with Gasteiger partial charge in [0.05, 0.1) is 41.4 Å². The van der Waals surface area contributed by atoms with E-state index in [0.29, 0.717) is 43.1 Å². The molecule has 11 rings (SSSR count). The molecule has 10 aromatic rings. The third kappa shape index (κ3) is 9.28. The molecule has 3 heterocycles. The van der Waals surface area contributed by atoms with E-state index in [1.54, 1.807) is 12.1 Å². The van der Waals surface area contributed by atoms with Gasteiger partial charge in [0.15, 0.2) is 0 Å². The molecular formula is C67H64N4O. The van der Waals surface area contributed by atoms with E-state index in [0.717, 1.165) is 61.4 Å². The molecule has 72 heavy (non-hydrogen) atoms. The Labute approximate surface area is 442 Å². The summed E-state index contributed by atoms with van der Waals surface area (Å²) >= 11 is 0. The Kier molecular flexibility index (Phi) is 9.10. The molecule has 5 nitrogen and oxygen atoms in total. The van der Waals surface area contributed by atoms with Crippen molar-refractivity contribution < 1.29 is 21.2 Å². The van der Waals surface area contributed by atoms with Crippen LogP contribution in [-0.2, 0) is 23.9 Å². The van der Waals surface area contributed by atoms with E-state index in [9.17, 15) is 2.74 Å². The van der Waals surface area contributed by atoms with E-state index in [-0.39, 0.29) is 28.5 Å². The monoisotopic (exact) mass is 953 g/mol. The van der Waals surface area contributed by atoms with Crippen molar-refractivity contribution >= 4 is 38.9 Å². The SMILES string of the molecule is [2H]c1c([2H])c([2H])c(-c2c([2H])c([2H])c([2H])c(-c3cc(C(C)(C)C)cc(C([2H])([2H])[2H])c3CCCN3CN(c4cccc(COc5ccc6c7cc(-c8ccccc8)ccc7n(-c7cc(C(C)(C)C)ccn7)c6c5)c4)c4ccccc43)c2[2H])c([2H])c1[2H]. The fourth-order valence-electron chi connectivity index (χ4n) is 9.85. The number of hydrogen-bond donors (Lipinski definition) is 0. The molecule has 0 aliphatic carbocycles. The maximum atomic E-state index is 9.63. The quantitative estimate of drug-likeness (QED) is 0.122. The number of pyridine rings is 1. The van der Waals surface area contributed by atoms with Crippen LogP contribution in [0, 0.1) is 6.85 Å². The van der Waals surface area contributed by atoms with Crippen molar-refractivity contribution in [2.24, 2.45) is 0 Å². The number of fused-ring (bicyclic) bond motifs is 4. The van der Waals surface area contributed by atoms with Crippen LogP contribution >= 0.6 is 0 Å². The standard InChI is InChI=1S/C67H64N4O/c1-46-37-54(67(5,6)7)41-59(52-25-17-24-50(39-52)48-20-10-8-11-21-48)57(46)27-18-36-69-45-70(63-29-15-14-28-62(63)69)55-26-16-19-47(38-55)44-72-56-31-32-58-60-40-51(49-22-12-9-13-23-49)30-33-61(60)71(64(58)43-56)65-42-53(34-35-68-65)66(2,3)4/h8-17,19-26,28-35,37-43H,18,27,36,44-45H2,1-7H3/i1D3,8D,10D,11D,17D,20D,21D,24D,25D,39D. The molecule has 0 N–H and O–H groups in total. The molecule has 0 unspecified atom stereocenters. The molecule has 358 valence electrons. The summed E-state index contributed by atoms with van der Waals surface area (Å²) in [5.74, 6) is 1.54. The number of rotatable bonds is 12. The van der Waals surface area contributed by atoms with E-state index in [1.807, 2.05) is 57.3 Å². The maximum absolute atomic E-state index is 9.63. The predicted octanol–water partition coefficient (Wildman–Crippen LogP) is 17.2. The molecule has 0 amide bonds. The molecule has 0 radical (unpaired) electrons. The number of anilines is 3. The highest BCUT2D eigenvalue weighted by Crippen LogP contribution is 2.42. The first-order valence-electron chi connectivity index (χ1n) is 30.6. The first kappa shape index (κ1) is 34.4. The number of aryl methyl sites for hydroxylation is 1. The van der Waals surface area contributed by atoms with E-state index < -0.39 is 77.8 Å². The minimum atomic E-state index is -2.65. The predicted molar refractivity (Wildman–Crippen MR) is 303 cm³/mol. The average molecular weight is 953 g/mol. The van der Waals surface area contributed by atoms with Crippen molar-refractivity contribution in [2.75, 3.05) is 23.0 Å². The van der Waals surface area contributed by atoms with Gasteiger partial charge in [0.25, 0.3) is 0 Å². The first-order chi connectivity index (χ1) is 39.8. The molecule has 1 aliphatic rings. The zero-order valence-electron chi connectivity index (χ0n) is 53.6. The van der Waals surface area contributed by atoms with Gasteiger partial charge in [-0.05, 0) is 158 Å². The van der Waals surface area contributed by atoms with E-state index in [4.69, 9.17) is 23.4 Å². The number of hydrogen-bond acceptors (Lipinski definition) is 4. The van der Waals surface area contributed by atoms with Crippen LogP contribution < -0.4 is 14.5 Å². The van der Waals surface area contributed by atoms with Crippen LogP contribution in [0.5, 0.6) is 5.75 Å².